The van der Waals surface area contributed by atoms with E-state index in [4.69, 9.17) is 0 Å². The van der Waals surface area contributed by atoms with E-state index < -0.39 is 0 Å². The number of nitrogens with one attached hydrogen (secondary N) is 2. The Morgan fingerprint density at radius 2 is 1.63 bits per heavy atom. The summed E-state index contributed by atoms with van der Waals surface area (Å²) in [6, 6.07) is 20.1. The largest absolute Gasteiger partial charge is 0.383 e. The van der Waals surface area contributed by atoms with Crippen LogP contribution in [0.15, 0.2) is 72.9 Å². The summed E-state index contributed by atoms with van der Waals surface area (Å²) < 4.78 is 12.9. The number of nitrogens with zero attached hydrogens (tertiary/aromatic N) is 1. The molecular weight excluding hydrogens is 341 g/mol. The van der Waals surface area contributed by atoms with Crippen molar-refractivity contribution in [1.29, 1.82) is 0 Å². The molecule has 0 aliphatic rings. The van der Waals surface area contributed by atoms with Crippen LogP contribution >= 0.6 is 0 Å². The first-order chi connectivity index (χ1) is 13.2. The van der Waals surface area contributed by atoms with Gasteiger partial charge in [0, 0.05) is 13.0 Å². The predicted octanol–water partition coefficient (Wildman–Crippen LogP) is 4.45. The molecule has 1 aromatic heterocycles. The van der Waals surface area contributed by atoms with E-state index in [-0.39, 0.29) is 11.7 Å². The number of halogens is 1. The Balaban J connectivity index is 1.41. The van der Waals surface area contributed by atoms with Crippen LogP contribution in [0.1, 0.15) is 17.5 Å². The number of carbonyl (C=O) groups excluding carboxylic acids is 1. The smallest absolute Gasteiger partial charge is 0.225 e. The van der Waals surface area contributed by atoms with Gasteiger partial charge < -0.3 is 10.6 Å². The summed E-state index contributed by atoms with van der Waals surface area (Å²) in [6.07, 6.45) is 3.61. The maximum Gasteiger partial charge on any atom is 0.225 e. The van der Waals surface area contributed by atoms with Crippen LogP contribution in [0.3, 0.4) is 0 Å². The predicted molar refractivity (Wildman–Crippen MR) is 106 cm³/mol. The Morgan fingerprint density at radius 3 is 2.33 bits per heavy atom. The molecule has 5 heteroatoms. The fourth-order valence-electron chi connectivity index (χ4n) is 2.68. The van der Waals surface area contributed by atoms with E-state index in [0.29, 0.717) is 18.7 Å². The molecule has 0 radical (unpaired) electrons. The molecule has 2 aromatic carbocycles. The quantitative estimate of drug-likeness (QED) is 0.622. The molecule has 0 aliphatic carbocycles. The lowest BCUT2D eigenvalue weighted by atomic mass is 10.1. The van der Waals surface area contributed by atoms with Crippen molar-refractivity contribution in [2.24, 2.45) is 0 Å². The molecule has 3 aromatic rings. The van der Waals surface area contributed by atoms with E-state index in [9.17, 15) is 9.18 Å². The van der Waals surface area contributed by atoms with Crippen molar-refractivity contribution in [3.63, 3.8) is 0 Å². The topological polar surface area (TPSA) is 54.0 Å². The fourth-order valence-corrected chi connectivity index (χ4v) is 2.68. The Bertz CT molecular complexity index is 849. The van der Waals surface area contributed by atoms with Crippen molar-refractivity contribution in [2.45, 2.75) is 19.3 Å². The monoisotopic (exact) mass is 363 g/mol. The zero-order valence-corrected chi connectivity index (χ0v) is 15.0. The molecule has 0 saturated carbocycles. The van der Waals surface area contributed by atoms with Gasteiger partial charge in [-0.3, -0.25) is 4.79 Å². The summed E-state index contributed by atoms with van der Waals surface area (Å²) in [5, 5.41) is 6.08. The number of aromatic nitrogens is 1. The summed E-state index contributed by atoms with van der Waals surface area (Å²) in [5.41, 5.74) is 3.08. The van der Waals surface area contributed by atoms with E-state index in [1.165, 1.54) is 12.1 Å². The van der Waals surface area contributed by atoms with Crippen LogP contribution < -0.4 is 10.6 Å². The molecule has 2 N–H and O–H groups in total. The number of carbonyl (C=O) groups is 1. The molecule has 0 spiro atoms. The van der Waals surface area contributed by atoms with Crippen LogP contribution in [0, 0.1) is 5.82 Å². The summed E-state index contributed by atoms with van der Waals surface area (Å²) in [5.74, 6) is 0.262. The summed E-state index contributed by atoms with van der Waals surface area (Å²) in [7, 11) is 0. The molecule has 0 bridgehead atoms. The van der Waals surface area contributed by atoms with Gasteiger partial charge >= 0.3 is 0 Å². The van der Waals surface area contributed by atoms with E-state index in [1.807, 2.05) is 36.4 Å². The lowest BCUT2D eigenvalue weighted by molar-refractivity contribution is -0.116. The van der Waals surface area contributed by atoms with E-state index in [0.717, 1.165) is 29.8 Å². The second-order valence-corrected chi connectivity index (χ2v) is 6.27. The van der Waals surface area contributed by atoms with Crippen LogP contribution in [0.2, 0.25) is 0 Å². The highest BCUT2D eigenvalue weighted by Gasteiger charge is 2.04. The average Bonchev–Trinajstić information content (AvgIpc) is 2.70. The van der Waals surface area contributed by atoms with Crippen molar-refractivity contribution in [3.05, 3.63) is 89.9 Å². The van der Waals surface area contributed by atoms with Crippen molar-refractivity contribution < 1.29 is 9.18 Å². The third-order valence-corrected chi connectivity index (χ3v) is 4.17. The molecule has 1 heterocycles. The first-order valence-electron chi connectivity index (χ1n) is 8.97. The van der Waals surface area contributed by atoms with Crippen LogP contribution in [0.4, 0.5) is 15.9 Å². The minimum absolute atomic E-state index is 0.0524. The number of hydrogen-bond donors (Lipinski definition) is 2. The van der Waals surface area contributed by atoms with Gasteiger partial charge in [0.25, 0.3) is 0 Å². The fraction of sp³-hybridized carbons (Fsp3) is 0.182. The van der Waals surface area contributed by atoms with Gasteiger partial charge in [0.05, 0.1) is 11.9 Å². The van der Waals surface area contributed by atoms with Crippen molar-refractivity contribution in [2.75, 3.05) is 17.2 Å². The first-order valence-corrected chi connectivity index (χ1v) is 8.97. The highest BCUT2D eigenvalue weighted by atomic mass is 19.1. The standard InChI is InChI=1S/C22H22FN3O/c23-19-9-6-18(7-10-19)14-15-24-20-11-12-21(25-16-20)26-22(27)13-8-17-4-2-1-3-5-17/h1-7,9-12,16,24H,8,13-15H2,(H,25,26,27). The number of benzene rings is 2. The SMILES string of the molecule is O=C(CCc1ccccc1)Nc1ccc(NCCc2ccc(F)cc2)cn1. The second-order valence-electron chi connectivity index (χ2n) is 6.27. The highest BCUT2D eigenvalue weighted by molar-refractivity contribution is 5.89. The van der Waals surface area contributed by atoms with Crippen molar-refractivity contribution in [1.82, 2.24) is 4.98 Å². The number of anilines is 2. The third-order valence-electron chi connectivity index (χ3n) is 4.17. The minimum Gasteiger partial charge on any atom is -0.383 e. The van der Waals surface area contributed by atoms with E-state index in [2.05, 4.69) is 15.6 Å². The zero-order chi connectivity index (χ0) is 18.9. The van der Waals surface area contributed by atoms with Gasteiger partial charge in [-0.15, -0.1) is 0 Å². The van der Waals surface area contributed by atoms with Crippen LogP contribution in [-0.2, 0) is 17.6 Å². The lowest BCUT2D eigenvalue weighted by Crippen LogP contribution is -2.13. The summed E-state index contributed by atoms with van der Waals surface area (Å²) in [6.45, 7) is 0.718. The van der Waals surface area contributed by atoms with Gasteiger partial charge in [-0.2, -0.15) is 0 Å². The molecule has 1 amide bonds. The maximum atomic E-state index is 12.9. The van der Waals surface area contributed by atoms with Gasteiger partial charge in [-0.1, -0.05) is 42.5 Å². The number of aryl methyl sites for hydroxylation is 1. The molecule has 138 valence electrons. The maximum absolute atomic E-state index is 12.9. The number of amides is 1. The molecular formula is C22H22FN3O. The highest BCUT2D eigenvalue weighted by Crippen LogP contribution is 2.11. The minimum atomic E-state index is -0.225. The second kappa shape index (κ2) is 9.48. The number of pyridine rings is 1. The van der Waals surface area contributed by atoms with Gasteiger partial charge in [0.2, 0.25) is 5.91 Å². The Labute approximate surface area is 158 Å². The molecule has 4 nitrogen and oxygen atoms in total. The van der Waals surface area contributed by atoms with E-state index >= 15 is 0 Å². The molecule has 3 rings (SSSR count). The summed E-state index contributed by atoms with van der Waals surface area (Å²) in [4.78, 5) is 16.3. The van der Waals surface area contributed by atoms with Crippen LogP contribution in [0.5, 0.6) is 0 Å². The van der Waals surface area contributed by atoms with Crippen molar-refractivity contribution >= 4 is 17.4 Å². The van der Waals surface area contributed by atoms with Gasteiger partial charge in [0.15, 0.2) is 0 Å². The summed E-state index contributed by atoms with van der Waals surface area (Å²) >= 11 is 0. The molecule has 0 atom stereocenters. The Hall–Kier alpha value is -3.21. The lowest BCUT2D eigenvalue weighted by Gasteiger charge is -2.08. The normalized spacial score (nSPS) is 10.4. The third kappa shape index (κ3) is 6.22. The van der Waals surface area contributed by atoms with E-state index in [1.54, 1.807) is 24.4 Å². The number of rotatable bonds is 8. The van der Waals surface area contributed by atoms with Crippen molar-refractivity contribution in [3.8, 4) is 0 Å². The molecule has 0 unspecified atom stereocenters. The van der Waals surface area contributed by atoms with Gasteiger partial charge in [-0.25, -0.2) is 9.37 Å². The molecule has 0 aliphatic heterocycles. The van der Waals surface area contributed by atoms with Crippen LogP contribution in [-0.4, -0.2) is 17.4 Å². The van der Waals surface area contributed by atoms with Gasteiger partial charge in [-0.05, 0) is 48.2 Å². The zero-order valence-electron chi connectivity index (χ0n) is 15.0. The molecule has 27 heavy (non-hydrogen) atoms. The molecule has 0 saturated heterocycles. The van der Waals surface area contributed by atoms with Crippen LogP contribution in [0.25, 0.3) is 0 Å². The Kier molecular flexibility index (Phi) is 6.52. The number of hydrogen-bond acceptors (Lipinski definition) is 3. The Morgan fingerprint density at radius 1 is 0.889 bits per heavy atom. The first kappa shape index (κ1) is 18.6. The molecule has 0 fully saturated rings. The van der Waals surface area contributed by atoms with Gasteiger partial charge in [0.1, 0.15) is 11.6 Å². The average molecular weight is 363 g/mol.